The normalized spacial score (nSPS) is 27.0. The molecule has 2 rings (SSSR count). The van der Waals surface area contributed by atoms with Gasteiger partial charge in [-0.25, -0.2) is 4.79 Å². The Morgan fingerprint density at radius 1 is 1.23 bits per heavy atom. The standard InChI is InChI=1S/C19H28O7/c1-11-18(2,3)16(17(21)23-5)13(26-11)8-12-9-14(20)19(24-6,25-7)15(10-12)22-4/h10-12H,8-9H2,1-7H3. The van der Waals surface area contributed by atoms with Gasteiger partial charge < -0.3 is 23.7 Å². The van der Waals surface area contributed by atoms with E-state index in [0.29, 0.717) is 23.5 Å². The fourth-order valence-corrected chi connectivity index (χ4v) is 3.59. The number of methoxy groups -OCH3 is 4. The highest BCUT2D eigenvalue weighted by molar-refractivity contribution is 5.92. The fourth-order valence-electron chi connectivity index (χ4n) is 3.59. The molecule has 2 atom stereocenters. The number of ether oxygens (including phenoxy) is 5. The van der Waals surface area contributed by atoms with Crippen molar-refractivity contribution in [1.29, 1.82) is 0 Å². The number of carbonyl (C=O) groups is 2. The Hall–Kier alpha value is -1.86. The summed E-state index contributed by atoms with van der Waals surface area (Å²) in [5.41, 5.74) is 0.0418. The topological polar surface area (TPSA) is 80.3 Å². The monoisotopic (exact) mass is 368 g/mol. The summed E-state index contributed by atoms with van der Waals surface area (Å²) in [6.45, 7) is 5.81. The minimum atomic E-state index is -1.52. The molecule has 0 bridgehead atoms. The molecule has 146 valence electrons. The molecule has 1 heterocycles. The lowest BCUT2D eigenvalue weighted by Crippen LogP contribution is -2.48. The molecule has 1 aliphatic heterocycles. The van der Waals surface area contributed by atoms with Crippen LogP contribution in [0, 0.1) is 11.3 Å². The van der Waals surface area contributed by atoms with Gasteiger partial charge in [-0.1, -0.05) is 13.8 Å². The van der Waals surface area contributed by atoms with E-state index in [1.807, 2.05) is 20.8 Å². The summed E-state index contributed by atoms with van der Waals surface area (Å²) < 4.78 is 26.9. The molecule has 0 radical (unpaired) electrons. The van der Waals surface area contributed by atoms with E-state index in [1.54, 1.807) is 6.08 Å². The Kier molecular flexibility index (Phi) is 5.82. The summed E-state index contributed by atoms with van der Waals surface area (Å²) in [5.74, 6) is -1.51. The van der Waals surface area contributed by atoms with Crippen LogP contribution in [0.2, 0.25) is 0 Å². The van der Waals surface area contributed by atoms with Crippen LogP contribution in [0.5, 0.6) is 0 Å². The average Bonchev–Trinajstić information content (AvgIpc) is 2.82. The first kappa shape index (κ1) is 20.5. The van der Waals surface area contributed by atoms with Crippen molar-refractivity contribution < 1.29 is 33.3 Å². The van der Waals surface area contributed by atoms with Crippen LogP contribution in [0.25, 0.3) is 0 Å². The third-order valence-corrected chi connectivity index (χ3v) is 5.42. The molecule has 0 N–H and O–H groups in total. The van der Waals surface area contributed by atoms with E-state index < -0.39 is 17.2 Å². The first-order valence-corrected chi connectivity index (χ1v) is 8.56. The predicted octanol–water partition coefficient (Wildman–Crippen LogP) is 2.36. The molecule has 0 aromatic carbocycles. The number of Topliss-reactive ketones (excluding diaryl/α,β-unsaturated/α-hetero) is 1. The Bertz CT molecular complexity index is 640. The Labute approximate surface area is 154 Å². The first-order valence-electron chi connectivity index (χ1n) is 8.56. The smallest absolute Gasteiger partial charge is 0.337 e. The summed E-state index contributed by atoms with van der Waals surface area (Å²) in [4.78, 5) is 25.0. The minimum absolute atomic E-state index is 0.172. The number of hydrogen-bond acceptors (Lipinski definition) is 7. The molecule has 2 unspecified atom stereocenters. The number of carbonyl (C=O) groups excluding carboxylic acids is 2. The van der Waals surface area contributed by atoms with Crippen LogP contribution in [0.4, 0.5) is 0 Å². The molecule has 0 fully saturated rings. The molecule has 0 amide bonds. The zero-order valence-electron chi connectivity index (χ0n) is 16.5. The Morgan fingerprint density at radius 2 is 1.85 bits per heavy atom. The molecule has 7 nitrogen and oxygen atoms in total. The van der Waals surface area contributed by atoms with Gasteiger partial charge in [-0.2, -0.15) is 0 Å². The lowest BCUT2D eigenvalue weighted by molar-refractivity contribution is -0.206. The van der Waals surface area contributed by atoms with Gasteiger partial charge in [0.25, 0.3) is 5.79 Å². The van der Waals surface area contributed by atoms with E-state index >= 15 is 0 Å². The summed E-state index contributed by atoms with van der Waals surface area (Å²) in [5, 5.41) is 0. The second-order valence-electron chi connectivity index (χ2n) is 7.12. The molecule has 0 spiro atoms. The highest BCUT2D eigenvalue weighted by Crippen LogP contribution is 2.45. The second kappa shape index (κ2) is 7.40. The van der Waals surface area contributed by atoms with Crippen molar-refractivity contribution in [2.24, 2.45) is 11.3 Å². The summed E-state index contributed by atoms with van der Waals surface area (Å²) >= 11 is 0. The Morgan fingerprint density at radius 3 is 2.35 bits per heavy atom. The molecule has 2 aliphatic rings. The number of rotatable bonds is 6. The van der Waals surface area contributed by atoms with Crippen LogP contribution in [-0.4, -0.2) is 52.1 Å². The van der Waals surface area contributed by atoms with E-state index in [4.69, 9.17) is 23.7 Å². The maximum absolute atomic E-state index is 12.7. The van der Waals surface area contributed by atoms with E-state index in [9.17, 15) is 9.59 Å². The van der Waals surface area contributed by atoms with Gasteiger partial charge in [0.1, 0.15) is 11.9 Å². The van der Waals surface area contributed by atoms with Gasteiger partial charge in [0, 0.05) is 32.5 Å². The van der Waals surface area contributed by atoms with Gasteiger partial charge in [0.05, 0.1) is 19.8 Å². The molecule has 0 aromatic rings. The van der Waals surface area contributed by atoms with Crippen molar-refractivity contribution in [3.05, 3.63) is 23.2 Å². The number of allylic oxidation sites excluding steroid dienone is 2. The summed E-state index contributed by atoms with van der Waals surface area (Å²) in [6, 6.07) is 0. The number of hydrogen-bond donors (Lipinski definition) is 0. The van der Waals surface area contributed by atoms with Crippen molar-refractivity contribution in [2.45, 2.75) is 45.5 Å². The summed E-state index contributed by atoms with van der Waals surface area (Å²) in [6.07, 6.45) is 2.20. The van der Waals surface area contributed by atoms with Crippen molar-refractivity contribution >= 4 is 11.8 Å². The van der Waals surface area contributed by atoms with Gasteiger partial charge in [0.15, 0.2) is 5.76 Å². The Balaban J connectivity index is 2.38. The van der Waals surface area contributed by atoms with Crippen molar-refractivity contribution in [1.82, 2.24) is 0 Å². The molecular formula is C19H28O7. The third-order valence-electron chi connectivity index (χ3n) is 5.42. The molecule has 7 heteroatoms. The van der Waals surface area contributed by atoms with E-state index in [-0.39, 0.29) is 24.2 Å². The fraction of sp³-hybridized carbons (Fsp3) is 0.684. The van der Waals surface area contributed by atoms with Crippen molar-refractivity contribution in [3.63, 3.8) is 0 Å². The van der Waals surface area contributed by atoms with E-state index in [0.717, 1.165) is 0 Å². The van der Waals surface area contributed by atoms with E-state index in [2.05, 4.69) is 0 Å². The van der Waals surface area contributed by atoms with Crippen LogP contribution in [0.15, 0.2) is 23.2 Å². The predicted molar refractivity (Wildman–Crippen MR) is 92.9 cm³/mol. The van der Waals surface area contributed by atoms with Gasteiger partial charge >= 0.3 is 5.97 Å². The lowest BCUT2D eigenvalue weighted by atomic mass is 9.79. The highest BCUT2D eigenvalue weighted by atomic mass is 16.7. The number of esters is 1. The lowest BCUT2D eigenvalue weighted by Gasteiger charge is -2.35. The zero-order chi connectivity index (χ0) is 19.7. The average molecular weight is 368 g/mol. The maximum atomic E-state index is 12.7. The first-order chi connectivity index (χ1) is 12.2. The summed E-state index contributed by atoms with van der Waals surface area (Å²) in [7, 11) is 5.61. The van der Waals surface area contributed by atoms with Crippen LogP contribution >= 0.6 is 0 Å². The molecule has 0 saturated heterocycles. The zero-order valence-corrected chi connectivity index (χ0v) is 16.5. The van der Waals surface area contributed by atoms with E-state index in [1.165, 1.54) is 28.4 Å². The molecular weight excluding hydrogens is 340 g/mol. The van der Waals surface area contributed by atoms with Crippen molar-refractivity contribution in [2.75, 3.05) is 28.4 Å². The highest BCUT2D eigenvalue weighted by Gasteiger charge is 2.50. The largest absolute Gasteiger partial charge is 0.495 e. The third kappa shape index (κ3) is 3.14. The molecule has 1 aliphatic carbocycles. The van der Waals surface area contributed by atoms with Gasteiger partial charge in [-0.05, 0) is 18.9 Å². The second-order valence-corrected chi connectivity index (χ2v) is 7.12. The molecule has 0 saturated carbocycles. The van der Waals surface area contributed by atoms with Crippen LogP contribution in [0.1, 0.15) is 33.6 Å². The van der Waals surface area contributed by atoms with Crippen LogP contribution in [-0.2, 0) is 33.3 Å². The minimum Gasteiger partial charge on any atom is -0.495 e. The van der Waals surface area contributed by atoms with Crippen LogP contribution in [0.3, 0.4) is 0 Å². The molecule has 0 aromatic heterocycles. The van der Waals surface area contributed by atoms with Gasteiger partial charge in [0.2, 0.25) is 5.78 Å². The van der Waals surface area contributed by atoms with Gasteiger partial charge in [-0.15, -0.1) is 0 Å². The maximum Gasteiger partial charge on any atom is 0.337 e. The van der Waals surface area contributed by atoms with Crippen molar-refractivity contribution in [3.8, 4) is 0 Å². The molecule has 26 heavy (non-hydrogen) atoms. The quantitative estimate of drug-likeness (QED) is 0.526. The van der Waals surface area contributed by atoms with Gasteiger partial charge in [-0.3, -0.25) is 4.79 Å². The SMILES string of the molecule is COC(=O)C1=C(CC2C=C(OC)C(OC)(OC)C(=O)C2)OC(C)C1(C)C. The number of ketones is 1. The van der Waals surface area contributed by atoms with Crippen LogP contribution < -0.4 is 0 Å².